The maximum Gasteiger partial charge on any atom is 0.215 e. The molecule has 0 aliphatic rings. The van der Waals surface area contributed by atoms with Crippen LogP contribution < -0.4 is 4.74 Å². The summed E-state index contributed by atoms with van der Waals surface area (Å²) in [6.07, 6.45) is 3.50. The predicted octanol–water partition coefficient (Wildman–Crippen LogP) is 4.20. The number of rotatable bonds is 4. The van der Waals surface area contributed by atoms with Crippen LogP contribution in [-0.4, -0.2) is 31.6 Å². The van der Waals surface area contributed by atoms with Gasteiger partial charge in [0.2, 0.25) is 5.88 Å². The lowest BCUT2D eigenvalue weighted by atomic mass is 10.1. The average molecular weight is 390 g/mol. The third-order valence-corrected chi connectivity index (χ3v) is 5.44. The van der Waals surface area contributed by atoms with Crippen LogP contribution in [0.15, 0.2) is 23.7 Å². The van der Waals surface area contributed by atoms with Gasteiger partial charge in [0.25, 0.3) is 0 Å². The summed E-state index contributed by atoms with van der Waals surface area (Å²) in [6.45, 7) is 6.04. The molecular weight excluding hydrogens is 372 g/mol. The number of nitrogens with zero attached hydrogens (tertiary/aromatic N) is 5. The zero-order chi connectivity index (χ0) is 19.8. The maximum atomic E-state index is 9.72. The van der Waals surface area contributed by atoms with Gasteiger partial charge in [-0.2, -0.15) is 5.26 Å². The van der Waals surface area contributed by atoms with E-state index < -0.39 is 0 Å². The first-order valence-corrected chi connectivity index (χ1v) is 9.51. The molecule has 28 heavy (non-hydrogen) atoms. The normalized spacial score (nSPS) is 11.8. The third kappa shape index (κ3) is 3.06. The molecule has 0 radical (unpaired) electrons. The van der Waals surface area contributed by atoms with Crippen LogP contribution in [0, 0.1) is 32.1 Å². The van der Waals surface area contributed by atoms with Crippen LogP contribution >= 0.6 is 11.3 Å². The Bertz CT molecular complexity index is 1250. The minimum Gasteiger partial charge on any atom is -0.481 e. The van der Waals surface area contributed by atoms with E-state index in [1.54, 1.807) is 30.7 Å². The van der Waals surface area contributed by atoms with Crippen molar-refractivity contribution in [2.24, 2.45) is 0 Å². The summed E-state index contributed by atoms with van der Waals surface area (Å²) in [5.74, 6) is 0.984. The second kappa shape index (κ2) is 6.94. The van der Waals surface area contributed by atoms with E-state index in [0.29, 0.717) is 22.8 Å². The Morgan fingerprint density at radius 1 is 1.29 bits per heavy atom. The lowest BCUT2D eigenvalue weighted by molar-refractivity contribution is 0.398. The van der Waals surface area contributed by atoms with Crippen LogP contribution in [0.2, 0.25) is 0 Å². The molecular formula is C20H18N6OS. The number of aromatic amines is 1. The van der Waals surface area contributed by atoms with Gasteiger partial charge in [0.05, 0.1) is 35.6 Å². The first-order chi connectivity index (χ1) is 13.5. The molecule has 140 valence electrons. The number of ether oxygens (including phenoxy) is 1. The average Bonchev–Trinajstić information content (AvgIpc) is 3.36. The molecule has 0 atom stereocenters. The molecule has 1 N–H and O–H groups in total. The minimum atomic E-state index is 0.450. The molecule has 0 bridgehead atoms. The van der Waals surface area contributed by atoms with Gasteiger partial charge in [0.1, 0.15) is 11.9 Å². The van der Waals surface area contributed by atoms with Crippen LogP contribution in [0.3, 0.4) is 0 Å². The number of nitrogens with one attached hydrogen (secondary N) is 1. The number of methoxy groups -OCH3 is 1. The van der Waals surface area contributed by atoms with Gasteiger partial charge in [-0.1, -0.05) is 0 Å². The highest BCUT2D eigenvalue weighted by Crippen LogP contribution is 2.27. The highest BCUT2D eigenvalue weighted by molar-refractivity contribution is 7.12. The summed E-state index contributed by atoms with van der Waals surface area (Å²) < 4.78 is 7.24. The molecule has 4 aromatic rings. The number of nitriles is 1. The molecule has 0 aliphatic carbocycles. The molecule has 7 nitrogen and oxygen atoms in total. The number of H-pyrrole nitrogens is 1. The van der Waals surface area contributed by atoms with Crippen molar-refractivity contribution < 1.29 is 4.74 Å². The van der Waals surface area contributed by atoms with Gasteiger partial charge in [0, 0.05) is 22.8 Å². The second-order valence-electron chi connectivity index (χ2n) is 6.43. The number of hydrogen-bond donors (Lipinski definition) is 1. The zero-order valence-electron chi connectivity index (χ0n) is 15.9. The van der Waals surface area contributed by atoms with Crippen molar-refractivity contribution in [2.75, 3.05) is 7.11 Å². The Hall–Kier alpha value is -3.44. The van der Waals surface area contributed by atoms with E-state index >= 15 is 0 Å². The summed E-state index contributed by atoms with van der Waals surface area (Å²) in [6, 6.07) is 6.04. The fourth-order valence-corrected chi connectivity index (χ4v) is 4.02. The highest BCUT2D eigenvalue weighted by Gasteiger charge is 2.15. The first kappa shape index (κ1) is 17.9. The fourth-order valence-electron chi connectivity index (χ4n) is 3.11. The van der Waals surface area contributed by atoms with Crippen LogP contribution in [0.5, 0.6) is 5.88 Å². The Labute approximate surface area is 166 Å². The SMILES string of the molecule is COc1cc2nc(/C(C#N)=C/c3cc(C)n(-c4nc(C)cs4)c3C)[nH]c2cn1. The van der Waals surface area contributed by atoms with E-state index in [1.807, 2.05) is 32.2 Å². The van der Waals surface area contributed by atoms with Crippen molar-refractivity contribution in [2.45, 2.75) is 20.8 Å². The Morgan fingerprint density at radius 2 is 2.11 bits per heavy atom. The van der Waals surface area contributed by atoms with Gasteiger partial charge in [-0.05, 0) is 38.5 Å². The van der Waals surface area contributed by atoms with Gasteiger partial charge in [-0.3, -0.25) is 4.57 Å². The number of fused-ring (bicyclic) bond motifs is 1. The number of imidazole rings is 1. The summed E-state index contributed by atoms with van der Waals surface area (Å²) in [5, 5.41) is 12.7. The van der Waals surface area contributed by atoms with Crippen molar-refractivity contribution in [1.82, 2.24) is 24.5 Å². The van der Waals surface area contributed by atoms with Crippen LogP contribution in [0.1, 0.15) is 28.5 Å². The van der Waals surface area contributed by atoms with Gasteiger partial charge >= 0.3 is 0 Å². The van der Waals surface area contributed by atoms with E-state index in [2.05, 4.69) is 36.6 Å². The standard InChI is InChI=1S/C20H18N6OS/c1-11-10-28-20(23-11)26-12(2)5-14(13(26)3)6-15(8-21)19-24-16-7-18(27-4)22-9-17(16)25-19/h5-7,9-10H,1-4H3,(H,24,25)/b15-6+. The van der Waals surface area contributed by atoms with E-state index in [0.717, 1.165) is 33.3 Å². The predicted molar refractivity (Wildman–Crippen MR) is 110 cm³/mol. The molecule has 0 saturated carbocycles. The molecule has 0 aliphatic heterocycles. The Kier molecular flexibility index (Phi) is 4.45. The van der Waals surface area contributed by atoms with Crippen LogP contribution in [-0.2, 0) is 0 Å². The molecule has 0 spiro atoms. The Balaban J connectivity index is 1.78. The van der Waals surface area contributed by atoms with E-state index in [1.165, 1.54) is 0 Å². The summed E-state index contributed by atoms with van der Waals surface area (Å²) in [5.41, 5.74) is 5.94. The zero-order valence-corrected chi connectivity index (χ0v) is 16.8. The number of allylic oxidation sites excluding steroid dienone is 1. The number of hydrogen-bond acceptors (Lipinski definition) is 6. The smallest absolute Gasteiger partial charge is 0.215 e. The van der Waals surface area contributed by atoms with E-state index in [-0.39, 0.29) is 0 Å². The first-order valence-electron chi connectivity index (χ1n) is 8.63. The van der Waals surface area contributed by atoms with Gasteiger partial charge in [-0.25, -0.2) is 15.0 Å². The fraction of sp³-hybridized carbons (Fsp3) is 0.200. The van der Waals surface area contributed by atoms with E-state index in [4.69, 9.17) is 4.74 Å². The van der Waals surface area contributed by atoms with Crippen molar-refractivity contribution in [3.8, 4) is 17.1 Å². The number of aromatic nitrogens is 5. The highest BCUT2D eigenvalue weighted by atomic mass is 32.1. The van der Waals surface area contributed by atoms with Crippen molar-refractivity contribution in [1.29, 1.82) is 5.26 Å². The van der Waals surface area contributed by atoms with Crippen molar-refractivity contribution in [3.05, 3.63) is 52.2 Å². The lowest BCUT2D eigenvalue weighted by Gasteiger charge is -2.04. The number of pyridine rings is 1. The quantitative estimate of drug-likeness (QED) is 0.527. The summed E-state index contributed by atoms with van der Waals surface area (Å²) >= 11 is 1.60. The summed E-state index contributed by atoms with van der Waals surface area (Å²) in [4.78, 5) is 16.4. The topological polar surface area (TPSA) is 92.4 Å². The molecule has 0 aromatic carbocycles. The molecule has 4 rings (SSSR count). The number of thiazole rings is 1. The van der Waals surface area contributed by atoms with Crippen molar-refractivity contribution in [3.63, 3.8) is 0 Å². The van der Waals surface area contributed by atoms with Crippen LogP contribution in [0.4, 0.5) is 0 Å². The molecule has 8 heteroatoms. The molecule has 4 aromatic heterocycles. The monoisotopic (exact) mass is 390 g/mol. The van der Waals surface area contributed by atoms with E-state index in [9.17, 15) is 5.26 Å². The van der Waals surface area contributed by atoms with Crippen molar-refractivity contribution >= 4 is 34.0 Å². The maximum absolute atomic E-state index is 9.72. The molecule has 0 amide bonds. The van der Waals surface area contributed by atoms with Crippen LogP contribution in [0.25, 0.3) is 27.8 Å². The lowest BCUT2D eigenvalue weighted by Crippen LogP contribution is -1.98. The molecule has 4 heterocycles. The second-order valence-corrected chi connectivity index (χ2v) is 7.27. The third-order valence-electron chi connectivity index (χ3n) is 4.50. The molecule has 0 saturated heterocycles. The minimum absolute atomic E-state index is 0.450. The molecule has 0 fully saturated rings. The molecule has 0 unspecified atom stereocenters. The number of aryl methyl sites for hydroxylation is 2. The Morgan fingerprint density at radius 3 is 2.79 bits per heavy atom. The van der Waals surface area contributed by atoms with Gasteiger partial charge < -0.3 is 9.72 Å². The van der Waals surface area contributed by atoms with Gasteiger partial charge in [0.15, 0.2) is 5.13 Å². The largest absolute Gasteiger partial charge is 0.481 e. The summed E-state index contributed by atoms with van der Waals surface area (Å²) in [7, 11) is 1.56. The van der Waals surface area contributed by atoms with Gasteiger partial charge in [-0.15, -0.1) is 11.3 Å².